The molecule has 0 aromatic rings. The van der Waals surface area contributed by atoms with Crippen molar-refractivity contribution in [2.75, 3.05) is 6.61 Å². The summed E-state index contributed by atoms with van der Waals surface area (Å²) in [5.41, 5.74) is -0.644. The molecule has 1 aliphatic carbocycles. The van der Waals surface area contributed by atoms with Gasteiger partial charge in [0.2, 0.25) is 5.91 Å². The molecule has 1 amide bonds. The van der Waals surface area contributed by atoms with E-state index in [9.17, 15) is 10.1 Å². The number of nitrogens with one attached hydrogen (secondary N) is 1. The van der Waals surface area contributed by atoms with Crippen LogP contribution < -0.4 is 5.32 Å². The SMILES string of the molecule is N#CC1(NC(=O)C2CCCCO2)CCCCCC1. The second-order valence-corrected chi connectivity index (χ2v) is 5.45. The lowest BCUT2D eigenvalue weighted by Gasteiger charge is -2.30. The quantitative estimate of drug-likeness (QED) is 0.765. The second-order valence-electron chi connectivity index (χ2n) is 5.45. The van der Waals surface area contributed by atoms with Gasteiger partial charge < -0.3 is 10.1 Å². The molecule has 2 fully saturated rings. The van der Waals surface area contributed by atoms with Gasteiger partial charge in [-0.05, 0) is 32.1 Å². The zero-order valence-corrected chi connectivity index (χ0v) is 10.9. The minimum Gasteiger partial charge on any atom is -0.368 e. The van der Waals surface area contributed by atoms with Gasteiger partial charge in [-0.1, -0.05) is 25.7 Å². The molecule has 0 aromatic heterocycles. The van der Waals surface area contributed by atoms with Crippen molar-refractivity contribution < 1.29 is 9.53 Å². The number of rotatable bonds is 2. The summed E-state index contributed by atoms with van der Waals surface area (Å²) in [6, 6.07) is 2.34. The van der Waals surface area contributed by atoms with Crippen LogP contribution >= 0.6 is 0 Å². The van der Waals surface area contributed by atoms with Gasteiger partial charge in [0.1, 0.15) is 11.6 Å². The highest BCUT2D eigenvalue weighted by Crippen LogP contribution is 2.27. The fourth-order valence-electron chi connectivity index (χ4n) is 2.86. The highest BCUT2D eigenvalue weighted by Gasteiger charge is 2.35. The predicted octanol–water partition coefficient (Wildman–Crippen LogP) is 2.29. The van der Waals surface area contributed by atoms with Gasteiger partial charge in [-0.3, -0.25) is 4.79 Å². The lowest BCUT2D eigenvalue weighted by Crippen LogP contribution is -2.51. The number of carbonyl (C=O) groups excluding carboxylic acids is 1. The van der Waals surface area contributed by atoms with Gasteiger partial charge in [-0.15, -0.1) is 0 Å². The molecular weight excluding hydrogens is 228 g/mol. The molecule has 1 N–H and O–H groups in total. The highest BCUT2D eigenvalue weighted by molar-refractivity contribution is 5.82. The summed E-state index contributed by atoms with van der Waals surface area (Å²) in [7, 11) is 0. The average molecular weight is 250 g/mol. The van der Waals surface area contributed by atoms with Crippen LogP contribution in [0.3, 0.4) is 0 Å². The molecule has 1 atom stereocenters. The first-order valence-corrected chi connectivity index (χ1v) is 7.11. The Bertz CT molecular complexity index is 321. The molecule has 1 aliphatic heterocycles. The summed E-state index contributed by atoms with van der Waals surface area (Å²) in [6.07, 6.45) is 8.46. The number of ether oxygens (including phenoxy) is 1. The molecular formula is C14H22N2O2. The van der Waals surface area contributed by atoms with E-state index in [1.807, 2.05) is 0 Å². The maximum absolute atomic E-state index is 12.2. The van der Waals surface area contributed by atoms with Crippen molar-refractivity contribution in [3.63, 3.8) is 0 Å². The number of nitriles is 1. The normalized spacial score (nSPS) is 27.8. The van der Waals surface area contributed by atoms with Crippen molar-refractivity contribution in [1.82, 2.24) is 5.32 Å². The molecule has 4 nitrogen and oxygen atoms in total. The van der Waals surface area contributed by atoms with Gasteiger partial charge in [0.05, 0.1) is 6.07 Å². The third kappa shape index (κ3) is 3.23. The van der Waals surface area contributed by atoms with Crippen LogP contribution in [0.25, 0.3) is 0 Å². The van der Waals surface area contributed by atoms with E-state index in [4.69, 9.17) is 4.74 Å². The van der Waals surface area contributed by atoms with E-state index >= 15 is 0 Å². The third-order valence-electron chi connectivity index (χ3n) is 4.01. The number of hydrogen-bond donors (Lipinski definition) is 1. The Kier molecular flexibility index (Phi) is 4.60. The van der Waals surface area contributed by atoms with E-state index in [-0.39, 0.29) is 12.0 Å². The Balaban J connectivity index is 1.96. The standard InChI is InChI=1S/C14H22N2O2/c15-11-14(8-4-1-2-5-9-14)16-13(17)12-7-3-6-10-18-12/h12H,1-10H2,(H,16,17). The molecule has 0 aromatic carbocycles. The number of hydrogen-bond acceptors (Lipinski definition) is 3. The summed E-state index contributed by atoms with van der Waals surface area (Å²) in [5.74, 6) is -0.0850. The number of amides is 1. The molecule has 2 rings (SSSR count). The maximum atomic E-state index is 12.2. The minimum atomic E-state index is -0.644. The van der Waals surface area contributed by atoms with Gasteiger partial charge in [0.15, 0.2) is 0 Å². The van der Waals surface area contributed by atoms with Crippen molar-refractivity contribution in [3.8, 4) is 6.07 Å². The van der Waals surface area contributed by atoms with Gasteiger partial charge in [0.25, 0.3) is 0 Å². The van der Waals surface area contributed by atoms with Crippen molar-refractivity contribution >= 4 is 5.91 Å². The number of nitrogens with zero attached hydrogens (tertiary/aromatic N) is 1. The van der Waals surface area contributed by atoms with E-state index in [0.29, 0.717) is 6.61 Å². The molecule has 100 valence electrons. The van der Waals surface area contributed by atoms with E-state index < -0.39 is 5.54 Å². The lowest BCUT2D eigenvalue weighted by atomic mass is 9.91. The molecule has 1 heterocycles. The number of carbonyl (C=O) groups is 1. The Morgan fingerprint density at radius 1 is 1.17 bits per heavy atom. The first kappa shape index (κ1) is 13.4. The van der Waals surface area contributed by atoms with E-state index in [1.54, 1.807) is 0 Å². The van der Waals surface area contributed by atoms with Crippen LogP contribution in [0.5, 0.6) is 0 Å². The fraction of sp³-hybridized carbons (Fsp3) is 0.857. The van der Waals surface area contributed by atoms with Crippen LogP contribution in [0.1, 0.15) is 57.8 Å². The van der Waals surface area contributed by atoms with Gasteiger partial charge in [-0.2, -0.15) is 5.26 Å². The first-order valence-electron chi connectivity index (χ1n) is 7.11. The van der Waals surface area contributed by atoms with Gasteiger partial charge in [0, 0.05) is 6.61 Å². The Morgan fingerprint density at radius 3 is 2.44 bits per heavy atom. The summed E-state index contributed by atoms with van der Waals surface area (Å²) in [5, 5.41) is 12.4. The van der Waals surface area contributed by atoms with Crippen LogP contribution in [0.4, 0.5) is 0 Å². The molecule has 0 bridgehead atoms. The van der Waals surface area contributed by atoms with Crippen LogP contribution in [-0.4, -0.2) is 24.2 Å². The average Bonchev–Trinajstić information content (AvgIpc) is 2.66. The zero-order chi connectivity index (χ0) is 12.8. The molecule has 2 aliphatic rings. The molecule has 0 spiro atoms. The summed E-state index contributed by atoms with van der Waals surface area (Å²) in [6.45, 7) is 0.664. The molecule has 0 radical (unpaired) electrons. The Labute approximate surface area is 109 Å². The Hall–Kier alpha value is -1.08. The summed E-state index contributed by atoms with van der Waals surface area (Å²) in [4.78, 5) is 12.2. The molecule has 1 unspecified atom stereocenters. The van der Waals surface area contributed by atoms with E-state index in [0.717, 1.165) is 44.9 Å². The maximum Gasteiger partial charge on any atom is 0.250 e. The van der Waals surface area contributed by atoms with Gasteiger partial charge >= 0.3 is 0 Å². The zero-order valence-electron chi connectivity index (χ0n) is 10.9. The lowest BCUT2D eigenvalue weighted by molar-refractivity contribution is -0.137. The van der Waals surface area contributed by atoms with Crippen LogP contribution in [0.15, 0.2) is 0 Å². The van der Waals surface area contributed by atoms with E-state index in [2.05, 4.69) is 11.4 Å². The van der Waals surface area contributed by atoms with Crippen molar-refractivity contribution in [2.24, 2.45) is 0 Å². The van der Waals surface area contributed by atoms with Crippen LogP contribution in [-0.2, 0) is 9.53 Å². The minimum absolute atomic E-state index is 0.0850. The monoisotopic (exact) mass is 250 g/mol. The Morgan fingerprint density at radius 2 is 1.89 bits per heavy atom. The van der Waals surface area contributed by atoms with E-state index in [1.165, 1.54) is 12.8 Å². The summed E-state index contributed by atoms with van der Waals surface area (Å²) < 4.78 is 5.48. The largest absolute Gasteiger partial charge is 0.368 e. The summed E-state index contributed by atoms with van der Waals surface area (Å²) >= 11 is 0. The van der Waals surface area contributed by atoms with Crippen molar-refractivity contribution in [1.29, 1.82) is 5.26 Å². The first-order chi connectivity index (χ1) is 8.76. The topological polar surface area (TPSA) is 62.1 Å². The predicted molar refractivity (Wildman–Crippen MR) is 67.8 cm³/mol. The smallest absolute Gasteiger partial charge is 0.250 e. The van der Waals surface area contributed by atoms with Crippen molar-refractivity contribution in [3.05, 3.63) is 0 Å². The van der Waals surface area contributed by atoms with Crippen LogP contribution in [0.2, 0.25) is 0 Å². The second kappa shape index (κ2) is 6.19. The highest BCUT2D eigenvalue weighted by atomic mass is 16.5. The molecule has 1 saturated heterocycles. The van der Waals surface area contributed by atoms with Crippen molar-refractivity contribution in [2.45, 2.75) is 69.4 Å². The third-order valence-corrected chi connectivity index (χ3v) is 4.01. The van der Waals surface area contributed by atoms with Crippen LogP contribution in [0, 0.1) is 11.3 Å². The molecule has 4 heteroatoms. The van der Waals surface area contributed by atoms with Gasteiger partial charge in [-0.25, -0.2) is 0 Å². The fourth-order valence-corrected chi connectivity index (χ4v) is 2.86. The molecule has 1 saturated carbocycles. The molecule has 18 heavy (non-hydrogen) atoms.